The Hall–Kier alpha value is -2.41. The van der Waals surface area contributed by atoms with E-state index in [4.69, 9.17) is 0 Å². The molecule has 130 valence electrons. The van der Waals surface area contributed by atoms with Crippen LogP contribution in [-0.2, 0) is 0 Å². The second kappa shape index (κ2) is 7.44. The summed E-state index contributed by atoms with van der Waals surface area (Å²) in [5.41, 5.74) is 0.936. The zero-order chi connectivity index (χ0) is 17.7. The highest BCUT2D eigenvalue weighted by Crippen LogP contribution is 2.25. The quantitative estimate of drug-likeness (QED) is 0.758. The summed E-state index contributed by atoms with van der Waals surface area (Å²) in [7, 11) is 0. The molecular weight excluding hydrogens is 306 g/mol. The van der Waals surface area contributed by atoms with Crippen molar-refractivity contribution in [3.05, 3.63) is 36.7 Å². The Kier molecular flexibility index (Phi) is 5.56. The molecular formula is C17H25N5O2. The van der Waals surface area contributed by atoms with Crippen LogP contribution in [-0.4, -0.2) is 38.8 Å². The van der Waals surface area contributed by atoms with E-state index in [2.05, 4.69) is 20.9 Å². The van der Waals surface area contributed by atoms with E-state index in [9.17, 15) is 9.90 Å². The Morgan fingerprint density at radius 3 is 2.67 bits per heavy atom. The largest absolute Gasteiger partial charge is 0.392 e. The first kappa shape index (κ1) is 17.9. The number of nitrogens with zero attached hydrogens (tertiary/aromatic N) is 3. The molecule has 3 N–H and O–H groups in total. The van der Waals surface area contributed by atoms with E-state index in [1.807, 2.05) is 45.9 Å². The summed E-state index contributed by atoms with van der Waals surface area (Å²) in [6.07, 6.45) is 2.79. The lowest BCUT2D eigenvalue weighted by Gasteiger charge is -2.33. The zero-order valence-corrected chi connectivity index (χ0v) is 14.5. The van der Waals surface area contributed by atoms with Crippen LogP contribution < -0.4 is 10.6 Å². The van der Waals surface area contributed by atoms with Gasteiger partial charge in [-0.1, -0.05) is 45.0 Å². The highest BCUT2D eigenvalue weighted by atomic mass is 16.3. The van der Waals surface area contributed by atoms with Crippen LogP contribution in [0.3, 0.4) is 0 Å². The van der Waals surface area contributed by atoms with Gasteiger partial charge in [-0.25, -0.2) is 9.48 Å². The van der Waals surface area contributed by atoms with Gasteiger partial charge in [0.05, 0.1) is 29.9 Å². The Balaban J connectivity index is 2.01. The topological polar surface area (TPSA) is 92.1 Å². The van der Waals surface area contributed by atoms with E-state index in [0.29, 0.717) is 12.2 Å². The van der Waals surface area contributed by atoms with Crippen LogP contribution in [0.5, 0.6) is 0 Å². The van der Waals surface area contributed by atoms with Crippen molar-refractivity contribution in [2.45, 2.75) is 33.8 Å². The van der Waals surface area contributed by atoms with Gasteiger partial charge in [0, 0.05) is 12.0 Å². The van der Waals surface area contributed by atoms with Gasteiger partial charge in [-0.05, 0) is 18.1 Å². The maximum absolute atomic E-state index is 12.2. The second-order valence-electron chi connectivity index (χ2n) is 6.85. The molecule has 7 heteroatoms. The van der Waals surface area contributed by atoms with Crippen molar-refractivity contribution in [3.8, 4) is 5.69 Å². The molecule has 2 amide bonds. The molecule has 0 aliphatic rings. The summed E-state index contributed by atoms with van der Waals surface area (Å²) >= 11 is 0. The number of para-hydroxylation sites is 2. The van der Waals surface area contributed by atoms with Gasteiger partial charge in [-0.2, -0.15) is 0 Å². The summed E-state index contributed by atoms with van der Waals surface area (Å²) in [6.45, 7) is 8.15. The van der Waals surface area contributed by atoms with Crippen LogP contribution in [0.1, 0.15) is 27.7 Å². The third-order valence-corrected chi connectivity index (χ3v) is 3.96. The van der Waals surface area contributed by atoms with Crippen molar-refractivity contribution in [2.24, 2.45) is 11.3 Å². The third-order valence-electron chi connectivity index (χ3n) is 3.96. The van der Waals surface area contributed by atoms with Crippen molar-refractivity contribution < 1.29 is 9.90 Å². The Labute approximate surface area is 142 Å². The minimum atomic E-state index is -0.500. The molecule has 24 heavy (non-hydrogen) atoms. The fourth-order valence-corrected chi connectivity index (χ4v) is 2.60. The van der Waals surface area contributed by atoms with Gasteiger partial charge in [-0.15, -0.1) is 5.10 Å². The molecule has 0 aliphatic carbocycles. The minimum absolute atomic E-state index is 0.123. The molecule has 1 atom stereocenters. The molecule has 0 saturated heterocycles. The SMILES string of the molecule is CC(C)C(O)C(C)(C)CNC(=O)Nc1ccccc1-n1ccnn1. The van der Waals surface area contributed by atoms with E-state index in [1.165, 1.54) is 0 Å². The van der Waals surface area contributed by atoms with Crippen molar-refractivity contribution in [3.63, 3.8) is 0 Å². The highest BCUT2D eigenvalue weighted by molar-refractivity contribution is 5.91. The molecule has 7 nitrogen and oxygen atoms in total. The number of benzene rings is 1. The molecule has 1 unspecified atom stereocenters. The van der Waals surface area contributed by atoms with Gasteiger partial charge in [-0.3, -0.25) is 0 Å². The summed E-state index contributed by atoms with van der Waals surface area (Å²) in [5.74, 6) is 0.123. The van der Waals surface area contributed by atoms with E-state index >= 15 is 0 Å². The maximum atomic E-state index is 12.2. The number of carbonyl (C=O) groups excluding carboxylic acids is 1. The number of carbonyl (C=O) groups is 1. The number of rotatable bonds is 6. The van der Waals surface area contributed by atoms with Gasteiger partial charge >= 0.3 is 6.03 Å². The van der Waals surface area contributed by atoms with Gasteiger partial charge in [0.15, 0.2) is 0 Å². The predicted octanol–water partition coefficient (Wildman–Crippen LogP) is 2.43. The van der Waals surface area contributed by atoms with Gasteiger partial charge in [0.25, 0.3) is 0 Å². The lowest BCUT2D eigenvalue weighted by atomic mass is 9.81. The molecule has 1 aromatic heterocycles. The van der Waals surface area contributed by atoms with E-state index in [0.717, 1.165) is 5.69 Å². The molecule has 0 bridgehead atoms. The summed E-state index contributed by atoms with van der Waals surface area (Å²) in [6, 6.07) is 7.01. The van der Waals surface area contributed by atoms with Crippen molar-refractivity contribution in [1.82, 2.24) is 20.3 Å². The van der Waals surface area contributed by atoms with E-state index in [1.54, 1.807) is 23.1 Å². The third kappa shape index (κ3) is 4.32. The summed E-state index contributed by atoms with van der Waals surface area (Å²) in [5, 5.41) is 23.6. The van der Waals surface area contributed by atoms with Gasteiger partial charge < -0.3 is 15.7 Å². The normalized spacial score (nSPS) is 12.9. The number of aromatic nitrogens is 3. The number of anilines is 1. The van der Waals surface area contributed by atoms with Crippen molar-refractivity contribution >= 4 is 11.7 Å². The Morgan fingerprint density at radius 1 is 1.33 bits per heavy atom. The maximum Gasteiger partial charge on any atom is 0.319 e. The lowest BCUT2D eigenvalue weighted by Crippen LogP contribution is -2.44. The number of hydrogen-bond acceptors (Lipinski definition) is 4. The average molecular weight is 331 g/mol. The van der Waals surface area contributed by atoms with Crippen LogP contribution >= 0.6 is 0 Å². The number of hydrogen-bond donors (Lipinski definition) is 3. The van der Waals surface area contributed by atoms with Crippen molar-refractivity contribution in [2.75, 3.05) is 11.9 Å². The second-order valence-corrected chi connectivity index (χ2v) is 6.85. The molecule has 2 rings (SSSR count). The molecule has 0 fully saturated rings. The number of aliphatic hydroxyl groups is 1. The summed E-state index contributed by atoms with van der Waals surface area (Å²) < 4.78 is 1.59. The van der Waals surface area contributed by atoms with Gasteiger partial charge in [0.1, 0.15) is 0 Å². The Morgan fingerprint density at radius 2 is 2.04 bits per heavy atom. The zero-order valence-electron chi connectivity index (χ0n) is 14.5. The smallest absolute Gasteiger partial charge is 0.319 e. The van der Waals surface area contributed by atoms with Crippen molar-refractivity contribution in [1.29, 1.82) is 0 Å². The first-order valence-electron chi connectivity index (χ1n) is 8.00. The molecule has 0 spiro atoms. The number of aliphatic hydroxyl groups excluding tert-OH is 1. The predicted molar refractivity (Wildman–Crippen MR) is 93.0 cm³/mol. The van der Waals surface area contributed by atoms with Gasteiger partial charge in [0.2, 0.25) is 0 Å². The summed E-state index contributed by atoms with van der Waals surface area (Å²) in [4.78, 5) is 12.2. The number of urea groups is 1. The molecule has 0 radical (unpaired) electrons. The average Bonchev–Trinajstić information content (AvgIpc) is 3.07. The number of nitrogens with one attached hydrogen (secondary N) is 2. The van der Waals surface area contributed by atoms with Crippen LogP contribution in [0, 0.1) is 11.3 Å². The Bertz CT molecular complexity index is 667. The minimum Gasteiger partial charge on any atom is -0.392 e. The van der Waals surface area contributed by atoms with Crippen LogP contribution in [0.4, 0.5) is 10.5 Å². The molecule has 1 aromatic carbocycles. The van der Waals surface area contributed by atoms with Crippen LogP contribution in [0.2, 0.25) is 0 Å². The molecule has 0 aliphatic heterocycles. The first-order valence-corrected chi connectivity index (χ1v) is 8.00. The first-order chi connectivity index (χ1) is 11.3. The van der Waals surface area contributed by atoms with E-state index in [-0.39, 0.29) is 11.9 Å². The molecule has 1 heterocycles. The monoisotopic (exact) mass is 331 g/mol. The van der Waals surface area contributed by atoms with Crippen LogP contribution in [0.15, 0.2) is 36.7 Å². The standard InChI is InChI=1S/C17H25N5O2/c1-12(2)15(23)17(3,4)11-18-16(24)20-13-7-5-6-8-14(13)22-10-9-19-21-22/h5-10,12,15,23H,11H2,1-4H3,(H2,18,20,24). The van der Waals surface area contributed by atoms with Crippen LogP contribution in [0.25, 0.3) is 5.69 Å². The lowest BCUT2D eigenvalue weighted by molar-refractivity contribution is 0.0154. The highest BCUT2D eigenvalue weighted by Gasteiger charge is 2.30. The fraction of sp³-hybridized carbons (Fsp3) is 0.471. The van der Waals surface area contributed by atoms with E-state index < -0.39 is 11.5 Å². The molecule has 0 saturated carbocycles. The fourth-order valence-electron chi connectivity index (χ4n) is 2.60. The number of amides is 2. The molecule has 2 aromatic rings.